The number of benzene rings is 1. The van der Waals surface area contributed by atoms with E-state index in [0.29, 0.717) is 6.04 Å². The van der Waals surface area contributed by atoms with Crippen molar-refractivity contribution in [2.45, 2.75) is 48.2 Å². The van der Waals surface area contributed by atoms with E-state index in [4.69, 9.17) is 10.2 Å². The molecule has 1 aromatic rings. The summed E-state index contributed by atoms with van der Waals surface area (Å²) in [6.07, 6.45) is 5.75. The van der Waals surface area contributed by atoms with E-state index in [0.717, 1.165) is 30.7 Å². The first-order chi connectivity index (χ1) is 12.3. The van der Waals surface area contributed by atoms with Crippen LogP contribution in [0.1, 0.15) is 25.7 Å². The molecule has 2 aliphatic rings. The maximum Gasteiger partial charge on any atom is 0.131 e. The van der Waals surface area contributed by atoms with Gasteiger partial charge < -0.3 is 5.11 Å². The summed E-state index contributed by atoms with van der Waals surface area (Å²) in [5, 5.41) is 30.3. The van der Waals surface area contributed by atoms with E-state index in [1.165, 1.54) is 4.90 Å². The fraction of sp³-hybridized carbons (Fsp3) is 0.556. The summed E-state index contributed by atoms with van der Waals surface area (Å²) in [5.41, 5.74) is 0. The largest absolute Gasteiger partial charge is 0.396 e. The average molecular weight is 377 g/mol. The first kappa shape index (κ1) is 18.6. The predicted molar refractivity (Wildman–Crippen MR) is 104 cm³/mol. The molecule has 1 saturated heterocycles. The minimum absolute atomic E-state index is 0.0541. The SMILES string of the molecule is CSC1=NN2C(Sc3ccccc3)CC(CCCCO)NC2C1C#N. The lowest BCUT2D eigenvalue weighted by Gasteiger charge is -2.42. The lowest BCUT2D eigenvalue weighted by atomic mass is 10.00. The molecule has 0 bridgehead atoms. The van der Waals surface area contributed by atoms with Crippen molar-refractivity contribution in [1.82, 2.24) is 10.3 Å². The molecule has 3 rings (SSSR count). The van der Waals surface area contributed by atoms with Gasteiger partial charge in [0.1, 0.15) is 22.5 Å². The number of hydrogen-bond acceptors (Lipinski definition) is 7. The van der Waals surface area contributed by atoms with Crippen molar-refractivity contribution in [2.24, 2.45) is 11.0 Å². The molecule has 0 spiro atoms. The van der Waals surface area contributed by atoms with Gasteiger partial charge in [-0.05, 0) is 44.1 Å². The quantitative estimate of drug-likeness (QED) is 0.744. The van der Waals surface area contributed by atoms with E-state index < -0.39 is 0 Å². The Balaban J connectivity index is 1.78. The van der Waals surface area contributed by atoms with Crippen LogP contribution in [0.4, 0.5) is 0 Å². The minimum Gasteiger partial charge on any atom is -0.396 e. The Hall–Kier alpha value is -1.20. The van der Waals surface area contributed by atoms with Gasteiger partial charge in [-0.15, -0.1) is 11.8 Å². The fourth-order valence-corrected chi connectivity index (χ4v) is 5.21. The van der Waals surface area contributed by atoms with Crippen LogP contribution in [0, 0.1) is 17.2 Å². The van der Waals surface area contributed by atoms with Crippen LogP contribution in [0.15, 0.2) is 40.3 Å². The summed E-state index contributed by atoms with van der Waals surface area (Å²) in [7, 11) is 0. The Morgan fingerprint density at radius 2 is 2.16 bits per heavy atom. The number of fused-ring (bicyclic) bond motifs is 1. The number of aliphatic hydroxyl groups excluding tert-OH is 1. The lowest BCUT2D eigenvalue weighted by molar-refractivity contribution is 0.0933. The van der Waals surface area contributed by atoms with Crippen molar-refractivity contribution in [1.29, 1.82) is 5.26 Å². The van der Waals surface area contributed by atoms with Crippen LogP contribution < -0.4 is 5.32 Å². The van der Waals surface area contributed by atoms with Gasteiger partial charge in [0.05, 0.1) is 6.07 Å². The Labute approximate surface area is 157 Å². The third kappa shape index (κ3) is 4.32. The zero-order valence-electron chi connectivity index (χ0n) is 14.3. The molecule has 134 valence electrons. The van der Waals surface area contributed by atoms with E-state index in [1.54, 1.807) is 11.8 Å². The van der Waals surface area contributed by atoms with Crippen molar-refractivity contribution < 1.29 is 5.11 Å². The number of hydrazone groups is 1. The van der Waals surface area contributed by atoms with E-state index >= 15 is 0 Å². The van der Waals surface area contributed by atoms with E-state index in [1.807, 2.05) is 24.1 Å². The summed E-state index contributed by atoms with van der Waals surface area (Å²) in [5.74, 6) is -0.213. The molecule has 0 saturated carbocycles. The van der Waals surface area contributed by atoms with Gasteiger partial charge in [0.15, 0.2) is 0 Å². The number of thioether (sulfide) groups is 2. The number of nitrogens with zero attached hydrogens (tertiary/aromatic N) is 3. The number of nitrogens with one attached hydrogen (secondary N) is 1. The molecule has 2 aliphatic heterocycles. The monoisotopic (exact) mass is 376 g/mol. The molecule has 7 heteroatoms. The Bertz CT molecular complexity index is 634. The predicted octanol–water partition coefficient (Wildman–Crippen LogP) is 3.09. The molecule has 5 nitrogen and oxygen atoms in total. The summed E-state index contributed by atoms with van der Waals surface area (Å²) < 4.78 is 0. The van der Waals surface area contributed by atoms with E-state index in [9.17, 15) is 5.26 Å². The van der Waals surface area contributed by atoms with Crippen LogP contribution in [-0.2, 0) is 0 Å². The maximum absolute atomic E-state index is 9.63. The molecule has 0 aliphatic carbocycles. The third-order valence-electron chi connectivity index (χ3n) is 4.59. The number of hydrogen-bond donors (Lipinski definition) is 2. The second-order valence-corrected chi connectivity index (χ2v) is 8.36. The molecule has 0 radical (unpaired) electrons. The normalized spacial score (nSPS) is 28.4. The van der Waals surface area contributed by atoms with Crippen LogP contribution in [-0.4, -0.2) is 45.6 Å². The Morgan fingerprint density at radius 3 is 2.84 bits per heavy atom. The molecule has 1 aromatic carbocycles. The standard InChI is InChI=1S/C18H24N4OS2/c1-24-18-15(12-19)17-20-13(7-5-6-10-23)11-16(22(17)21-18)25-14-8-3-2-4-9-14/h2-4,8-9,13,15-17,20,23H,5-7,10-11H2,1H3. The van der Waals surface area contributed by atoms with Crippen molar-refractivity contribution >= 4 is 28.6 Å². The molecular formula is C18H24N4OS2. The second-order valence-electron chi connectivity index (χ2n) is 6.28. The summed E-state index contributed by atoms with van der Waals surface area (Å²) in [4.78, 5) is 1.23. The molecule has 0 aromatic heterocycles. The average Bonchev–Trinajstić information content (AvgIpc) is 3.01. The van der Waals surface area contributed by atoms with Gasteiger partial charge in [0, 0.05) is 17.5 Å². The van der Waals surface area contributed by atoms with Gasteiger partial charge in [-0.2, -0.15) is 10.4 Å². The van der Waals surface area contributed by atoms with E-state index in [2.05, 4.69) is 40.7 Å². The number of aliphatic hydroxyl groups is 1. The van der Waals surface area contributed by atoms with Gasteiger partial charge >= 0.3 is 0 Å². The zero-order valence-corrected chi connectivity index (χ0v) is 16.0. The highest BCUT2D eigenvalue weighted by Gasteiger charge is 2.45. The minimum atomic E-state index is -0.213. The first-order valence-electron chi connectivity index (χ1n) is 8.66. The summed E-state index contributed by atoms with van der Waals surface area (Å²) in [6, 6.07) is 13.2. The Kier molecular flexibility index (Phi) is 6.65. The molecule has 1 fully saturated rings. The van der Waals surface area contributed by atoms with Gasteiger partial charge in [0.25, 0.3) is 0 Å². The van der Waals surface area contributed by atoms with Gasteiger partial charge in [-0.25, -0.2) is 0 Å². The molecule has 2 heterocycles. The van der Waals surface area contributed by atoms with Crippen LogP contribution in [0.25, 0.3) is 0 Å². The maximum atomic E-state index is 9.63. The highest BCUT2D eigenvalue weighted by atomic mass is 32.2. The number of nitriles is 1. The molecule has 0 amide bonds. The number of unbranched alkanes of at least 4 members (excludes halogenated alkanes) is 1. The van der Waals surface area contributed by atoms with Gasteiger partial charge in [-0.3, -0.25) is 10.3 Å². The van der Waals surface area contributed by atoms with Crippen LogP contribution in [0.2, 0.25) is 0 Å². The smallest absolute Gasteiger partial charge is 0.131 e. The fourth-order valence-electron chi connectivity index (χ4n) is 3.36. The number of rotatable bonds is 6. The third-order valence-corrected chi connectivity index (χ3v) is 6.57. The Morgan fingerprint density at radius 1 is 1.36 bits per heavy atom. The van der Waals surface area contributed by atoms with Gasteiger partial charge in [0.2, 0.25) is 0 Å². The highest BCUT2D eigenvalue weighted by Crippen LogP contribution is 2.39. The highest BCUT2D eigenvalue weighted by molar-refractivity contribution is 8.13. The van der Waals surface area contributed by atoms with Crippen LogP contribution >= 0.6 is 23.5 Å². The van der Waals surface area contributed by atoms with Crippen LogP contribution in [0.5, 0.6) is 0 Å². The molecule has 4 unspecified atom stereocenters. The topological polar surface area (TPSA) is 71.7 Å². The molecule has 4 atom stereocenters. The summed E-state index contributed by atoms with van der Waals surface area (Å²) >= 11 is 3.39. The van der Waals surface area contributed by atoms with Gasteiger partial charge in [-0.1, -0.05) is 30.0 Å². The van der Waals surface area contributed by atoms with Crippen molar-refractivity contribution in [3.8, 4) is 6.07 Å². The molecule has 2 N–H and O–H groups in total. The first-order valence-corrected chi connectivity index (χ1v) is 10.8. The lowest BCUT2D eigenvalue weighted by Crippen LogP contribution is -2.57. The molecular weight excluding hydrogens is 352 g/mol. The second kappa shape index (κ2) is 8.95. The van der Waals surface area contributed by atoms with E-state index in [-0.39, 0.29) is 24.1 Å². The summed E-state index contributed by atoms with van der Waals surface area (Å²) in [6.45, 7) is 0.241. The van der Waals surface area contributed by atoms with Crippen molar-refractivity contribution in [3.63, 3.8) is 0 Å². The van der Waals surface area contributed by atoms with Crippen LogP contribution in [0.3, 0.4) is 0 Å². The zero-order chi connectivity index (χ0) is 17.6. The molecule has 25 heavy (non-hydrogen) atoms. The van der Waals surface area contributed by atoms with Crippen molar-refractivity contribution in [3.05, 3.63) is 30.3 Å². The van der Waals surface area contributed by atoms with Crippen molar-refractivity contribution in [2.75, 3.05) is 12.9 Å².